The Hall–Kier alpha value is -3.53. The maximum atomic E-state index is 12.7. The molecule has 0 aromatic heterocycles. The van der Waals surface area contributed by atoms with E-state index in [4.69, 9.17) is 0 Å². The number of carbonyl (C=O) groups is 1. The van der Waals surface area contributed by atoms with Crippen LogP contribution in [0.25, 0.3) is 11.1 Å². The molecule has 27 heavy (non-hydrogen) atoms. The highest BCUT2D eigenvalue weighted by molar-refractivity contribution is 6.23. The summed E-state index contributed by atoms with van der Waals surface area (Å²) < 4.78 is 0. The summed E-state index contributed by atoms with van der Waals surface area (Å²) in [5.74, 6) is -0.512. The number of hydrogen-bond acceptors (Lipinski definition) is 3. The highest BCUT2D eigenvalue weighted by Crippen LogP contribution is 2.25. The quantitative estimate of drug-likeness (QED) is 0.602. The summed E-state index contributed by atoms with van der Waals surface area (Å²) in [7, 11) is 0. The highest BCUT2D eigenvalue weighted by Gasteiger charge is 2.33. The first kappa shape index (κ1) is 16.9. The molecule has 1 amide bonds. The Balaban J connectivity index is 1.50. The molecule has 3 aromatic carbocycles. The van der Waals surface area contributed by atoms with Crippen LogP contribution in [0.15, 0.2) is 95.0 Å². The van der Waals surface area contributed by atoms with Gasteiger partial charge in [-0.3, -0.25) is 9.79 Å². The average molecular weight is 353 g/mol. The van der Waals surface area contributed by atoms with Crippen LogP contribution in [-0.4, -0.2) is 17.8 Å². The van der Waals surface area contributed by atoms with Crippen molar-refractivity contribution in [2.75, 3.05) is 5.01 Å². The number of aliphatic imine (C=N–C) groups is 1. The lowest BCUT2D eigenvalue weighted by molar-refractivity contribution is -0.118. The molecule has 0 fully saturated rings. The van der Waals surface area contributed by atoms with Crippen LogP contribution in [0.1, 0.15) is 6.92 Å². The molecule has 4 rings (SSSR count). The Morgan fingerprint density at radius 3 is 2.11 bits per heavy atom. The lowest BCUT2D eigenvalue weighted by Gasteiger charge is -2.12. The van der Waals surface area contributed by atoms with Gasteiger partial charge in [-0.25, -0.2) is 0 Å². The molecule has 0 aliphatic carbocycles. The molecule has 0 saturated heterocycles. The summed E-state index contributed by atoms with van der Waals surface area (Å²) in [5.41, 5.74) is 4.63. The van der Waals surface area contributed by atoms with Crippen LogP contribution in [0.5, 0.6) is 0 Å². The van der Waals surface area contributed by atoms with Crippen LogP contribution in [0.3, 0.4) is 0 Å². The van der Waals surface area contributed by atoms with Crippen molar-refractivity contribution in [3.05, 3.63) is 84.9 Å². The van der Waals surface area contributed by atoms with Crippen molar-refractivity contribution < 1.29 is 4.79 Å². The second-order valence-corrected chi connectivity index (χ2v) is 6.40. The average Bonchev–Trinajstić information content (AvgIpc) is 3.02. The van der Waals surface area contributed by atoms with Gasteiger partial charge in [0, 0.05) is 6.21 Å². The van der Waals surface area contributed by atoms with Gasteiger partial charge in [0.05, 0.1) is 17.1 Å². The van der Waals surface area contributed by atoms with Crippen molar-refractivity contribution in [2.24, 2.45) is 16.0 Å². The van der Waals surface area contributed by atoms with Crippen LogP contribution < -0.4 is 5.01 Å². The molecule has 0 N–H and O–H groups in total. The first-order valence-electron chi connectivity index (χ1n) is 8.86. The van der Waals surface area contributed by atoms with Crippen LogP contribution in [0, 0.1) is 5.92 Å². The van der Waals surface area contributed by atoms with E-state index in [1.807, 2.05) is 79.7 Å². The van der Waals surface area contributed by atoms with E-state index in [9.17, 15) is 4.79 Å². The summed E-state index contributed by atoms with van der Waals surface area (Å²) in [6.07, 6.45) is 1.68. The first-order valence-corrected chi connectivity index (χ1v) is 8.86. The second-order valence-electron chi connectivity index (χ2n) is 6.40. The van der Waals surface area contributed by atoms with Gasteiger partial charge >= 0.3 is 0 Å². The van der Waals surface area contributed by atoms with Crippen molar-refractivity contribution >= 4 is 29.2 Å². The van der Waals surface area contributed by atoms with E-state index >= 15 is 0 Å². The SMILES string of the molecule is CC1=NN(c2ccccc2)C(=O)[C@H]1C=Nc1ccc(-c2ccccc2)cc1. The van der Waals surface area contributed by atoms with Crippen molar-refractivity contribution in [1.29, 1.82) is 0 Å². The number of anilines is 1. The van der Waals surface area contributed by atoms with Gasteiger partial charge in [-0.15, -0.1) is 0 Å². The predicted octanol–water partition coefficient (Wildman–Crippen LogP) is 5.09. The number of benzene rings is 3. The fourth-order valence-electron chi connectivity index (χ4n) is 3.04. The van der Waals surface area contributed by atoms with Crippen LogP contribution in [0.2, 0.25) is 0 Å². The number of nitrogens with zero attached hydrogens (tertiary/aromatic N) is 3. The van der Waals surface area contributed by atoms with E-state index in [0.717, 1.165) is 22.6 Å². The minimum Gasteiger partial charge on any atom is -0.271 e. The number of carbonyl (C=O) groups excluding carboxylic acids is 1. The molecule has 0 radical (unpaired) electrons. The maximum Gasteiger partial charge on any atom is 0.261 e. The summed E-state index contributed by atoms with van der Waals surface area (Å²) >= 11 is 0. The van der Waals surface area contributed by atoms with E-state index in [2.05, 4.69) is 22.2 Å². The number of hydrogen-bond donors (Lipinski definition) is 0. The monoisotopic (exact) mass is 353 g/mol. The molecule has 4 heteroatoms. The Morgan fingerprint density at radius 1 is 0.852 bits per heavy atom. The Morgan fingerprint density at radius 2 is 1.44 bits per heavy atom. The summed E-state index contributed by atoms with van der Waals surface area (Å²) in [6, 6.07) is 27.6. The third-order valence-electron chi connectivity index (χ3n) is 4.53. The molecule has 0 spiro atoms. The van der Waals surface area contributed by atoms with Gasteiger partial charge in [-0.1, -0.05) is 60.7 Å². The van der Waals surface area contributed by atoms with Crippen molar-refractivity contribution in [3.8, 4) is 11.1 Å². The largest absolute Gasteiger partial charge is 0.271 e. The van der Waals surface area contributed by atoms with Gasteiger partial charge in [-0.2, -0.15) is 10.1 Å². The normalized spacial score (nSPS) is 16.8. The van der Waals surface area contributed by atoms with Crippen molar-refractivity contribution in [2.45, 2.75) is 6.92 Å². The van der Waals surface area contributed by atoms with Crippen LogP contribution in [0.4, 0.5) is 11.4 Å². The molecule has 0 saturated carbocycles. The topological polar surface area (TPSA) is 45.0 Å². The lowest BCUT2D eigenvalue weighted by Crippen LogP contribution is -2.27. The first-order chi connectivity index (χ1) is 13.2. The molecular weight excluding hydrogens is 334 g/mol. The zero-order valence-corrected chi connectivity index (χ0v) is 15.0. The van der Waals surface area contributed by atoms with E-state index in [1.54, 1.807) is 6.21 Å². The molecule has 1 heterocycles. The summed E-state index contributed by atoms with van der Waals surface area (Å²) in [6.45, 7) is 1.86. The Kier molecular flexibility index (Phi) is 4.62. The Labute approximate surface area is 158 Å². The zero-order chi connectivity index (χ0) is 18.6. The molecule has 1 aliphatic rings. The molecule has 0 unspecified atom stereocenters. The number of para-hydroxylation sites is 1. The van der Waals surface area contributed by atoms with E-state index in [-0.39, 0.29) is 5.91 Å². The number of rotatable bonds is 4. The minimum absolute atomic E-state index is 0.0802. The fourth-order valence-corrected chi connectivity index (χ4v) is 3.04. The standard InChI is InChI=1S/C23H19N3O/c1-17-22(23(27)26(25-17)21-10-6-3-7-11-21)16-24-20-14-12-19(13-15-20)18-8-4-2-5-9-18/h2-16,22H,1H3/t22-/m0/s1. The smallest absolute Gasteiger partial charge is 0.261 e. The van der Waals surface area contributed by atoms with Gasteiger partial charge in [0.25, 0.3) is 5.91 Å². The molecule has 132 valence electrons. The van der Waals surface area contributed by atoms with Crippen LogP contribution in [-0.2, 0) is 4.79 Å². The fraction of sp³-hybridized carbons (Fsp3) is 0.0870. The molecular formula is C23H19N3O. The molecule has 1 aliphatic heterocycles. The molecule has 0 bridgehead atoms. The third-order valence-corrected chi connectivity index (χ3v) is 4.53. The maximum absolute atomic E-state index is 12.7. The second kappa shape index (κ2) is 7.38. The van der Waals surface area contributed by atoms with Gasteiger partial charge < -0.3 is 0 Å². The zero-order valence-electron chi connectivity index (χ0n) is 15.0. The molecule has 4 nitrogen and oxygen atoms in total. The summed E-state index contributed by atoms with van der Waals surface area (Å²) in [5, 5.41) is 5.85. The van der Waals surface area contributed by atoms with Crippen molar-refractivity contribution in [1.82, 2.24) is 0 Å². The van der Waals surface area contributed by atoms with Gasteiger partial charge in [0.1, 0.15) is 5.92 Å². The molecule has 3 aromatic rings. The predicted molar refractivity (Wildman–Crippen MR) is 111 cm³/mol. The Bertz CT molecular complexity index is 993. The minimum atomic E-state index is -0.431. The molecule has 1 atom stereocenters. The number of hydrazone groups is 1. The van der Waals surface area contributed by atoms with E-state index < -0.39 is 5.92 Å². The van der Waals surface area contributed by atoms with Gasteiger partial charge in [-0.05, 0) is 42.3 Å². The number of amides is 1. The van der Waals surface area contributed by atoms with Gasteiger partial charge in [0.2, 0.25) is 0 Å². The third kappa shape index (κ3) is 3.55. The van der Waals surface area contributed by atoms with Crippen LogP contribution >= 0.6 is 0 Å². The van der Waals surface area contributed by atoms with E-state index in [1.165, 1.54) is 10.6 Å². The lowest BCUT2D eigenvalue weighted by atomic mass is 10.1. The summed E-state index contributed by atoms with van der Waals surface area (Å²) in [4.78, 5) is 17.2. The highest BCUT2D eigenvalue weighted by atomic mass is 16.2. The van der Waals surface area contributed by atoms with Crippen molar-refractivity contribution in [3.63, 3.8) is 0 Å². The van der Waals surface area contributed by atoms with E-state index in [0.29, 0.717) is 0 Å². The van der Waals surface area contributed by atoms with Gasteiger partial charge in [0.15, 0.2) is 0 Å².